The van der Waals surface area contributed by atoms with Crippen LogP contribution in [0.15, 0.2) is 48.7 Å². The van der Waals surface area contributed by atoms with Gasteiger partial charge in [-0.15, -0.1) is 10.2 Å². The highest BCUT2D eigenvalue weighted by molar-refractivity contribution is 5.99. The summed E-state index contributed by atoms with van der Waals surface area (Å²) in [4.78, 5) is 28.4. The molecule has 1 N–H and O–H groups in total. The maximum absolute atomic E-state index is 13.4. The van der Waals surface area contributed by atoms with E-state index >= 15 is 0 Å². The molecule has 3 heterocycles. The van der Waals surface area contributed by atoms with E-state index in [0.717, 1.165) is 43.4 Å². The number of fused-ring (bicyclic) bond motifs is 2. The minimum atomic E-state index is -0.293. The predicted molar refractivity (Wildman–Crippen MR) is 113 cm³/mol. The van der Waals surface area contributed by atoms with E-state index in [0.29, 0.717) is 18.9 Å². The van der Waals surface area contributed by atoms with Crippen molar-refractivity contribution in [2.24, 2.45) is 11.8 Å². The van der Waals surface area contributed by atoms with Crippen molar-refractivity contribution < 1.29 is 9.59 Å². The Balaban J connectivity index is 1.30. The fourth-order valence-electron chi connectivity index (χ4n) is 4.82. The first-order chi connectivity index (χ1) is 14.7. The van der Waals surface area contributed by atoms with Crippen LogP contribution in [0.25, 0.3) is 5.65 Å². The van der Waals surface area contributed by atoms with Gasteiger partial charge in [-0.3, -0.25) is 14.0 Å². The molecule has 0 bridgehead atoms. The molecule has 0 saturated heterocycles. The average Bonchev–Trinajstić information content (AvgIpc) is 3.41. The molecule has 2 aromatic heterocycles. The van der Waals surface area contributed by atoms with Gasteiger partial charge >= 0.3 is 0 Å². The van der Waals surface area contributed by atoms with Gasteiger partial charge in [0, 0.05) is 24.3 Å². The van der Waals surface area contributed by atoms with Gasteiger partial charge in [0.05, 0.1) is 12.5 Å². The fourth-order valence-corrected chi connectivity index (χ4v) is 4.82. The van der Waals surface area contributed by atoms with Crippen LogP contribution in [0.4, 0.5) is 5.69 Å². The van der Waals surface area contributed by atoms with Crippen molar-refractivity contribution in [3.8, 4) is 0 Å². The second-order valence-electron chi connectivity index (χ2n) is 8.13. The highest BCUT2D eigenvalue weighted by Crippen LogP contribution is 2.35. The maximum Gasteiger partial charge on any atom is 0.230 e. The molecule has 1 fully saturated rings. The summed E-state index contributed by atoms with van der Waals surface area (Å²) in [6.45, 7) is 1.00. The normalized spacial score (nSPS) is 20.9. The molecule has 2 unspecified atom stereocenters. The van der Waals surface area contributed by atoms with Crippen molar-refractivity contribution in [2.75, 3.05) is 11.4 Å². The van der Waals surface area contributed by atoms with Gasteiger partial charge in [-0.2, -0.15) is 0 Å². The lowest BCUT2D eigenvalue weighted by Gasteiger charge is -2.32. The van der Waals surface area contributed by atoms with Crippen molar-refractivity contribution in [2.45, 2.75) is 38.6 Å². The van der Waals surface area contributed by atoms with Crippen molar-refractivity contribution in [3.63, 3.8) is 0 Å². The summed E-state index contributed by atoms with van der Waals surface area (Å²) in [6.07, 6.45) is 6.25. The number of hydrogen-bond donors (Lipinski definition) is 1. The minimum Gasteiger partial charge on any atom is -0.349 e. The number of amides is 2. The first-order valence-corrected chi connectivity index (χ1v) is 10.7. The number of anilines is 1. The Bertz CT molecular complexity index is 1090. The number of rotatable bonds is 4. The van der Waals surface area contributed by atoms with E-state index in [9.17, 15) is 9.59 Å². The van der Waals surface area contributed by atoms with E-state index < -0.39 is 0 Å². The standard InChI is InChI=1S/C23H25N5O2/c29-22(24-15-21-26-25-20-11-5-6-13-28(20)21)17-8-2-3-9-18(17)23(30)27-14-12-16-7-1-4-10-19(16)27/h1,4-7,10-11,13,17-18H,2-3,8-9,12,14-15H2,(H,24,29). The van der Waals surface area contributed by atoms with Gasteiger partial charge < -0.3 is 10.2 Å². The highest BCUT2D eigenvalue weighted by atomic mass is 16.2. The molecule has 2 amide bonds. The van der Waals surface area contributed by atoms with Crippen molar-refractivity contribution in [1.29, 1.82) is 0 Å². The third kappa shape index (κ3) is 3.34. The molecule has 2 atom stereocenters. The van der Waals surface area contributed by atoms with Crippen molar-refractivity contribution >= 4 is 23.1 Å². The van der Waals surface area contributed by atoms with Crippen molar-refractivity contribution in [3.05, 3.63) is 60.0 Å². The molecule has 7 heteroatoms. The summed E-state index contributed by atoms with van der Waals surface area (Å²) < 4.78 is 1.87. The Morgan fingerprint density at radius 3 is 2.70 bits per heavy atom. The van der Waals surface area contributed by atoms with Crippen LogP contribution in [0, 0.1) is 11.8 Å². The second-order valence-corrected chi connectivity index (χ2v) is 8.13. The van der Waals surface area contributed by atoms with E-state index in [1.165, 1.54) is 5.56 Å². The Hall–Kier alpha value is -3.22. The van der Waals surface area contributed by atoms with Crippen LogP contribution < -0.4 is 10.2 Å². The SMILES string of the molecule is O=C(NCc1nnc2ccccn12)C1CCCCC1C(=O)N1CCc2ccccc21. The minimum absolute atomic E-state index is 0.0618. The van der Waals surface area contributed by atoms with Gasteiger partial charge in [0.2, 0.25) is 11.8 Å². The van der Waals surface area contributed by atoms with Crippen LogP contribution in [-0.2, 0) is 22.6 Å². The van der Waals surface area contributed by atoms with Gasteiger partial charge in [0.25, 0.3) is 0 Å². The topological polar surface area (TPSA) is 79.6 Å². The van der Waals surface area contributed by atoms with Crippen LogP contribution in [-0.4, -0.2) is 33.0 Å². The number of carbonyl (C=O) groups is 2. The zero-order valence-corrected chi connectivity index (χ0v) is 16.8. The van der Waals surface area contributed by atoms with Gasteiger partial charge in [-0.05, 0) is 43.0 Å². The molecule has 1 aromatic carbocycles. The van der Waals surface area contributed by atoms with Crippen LogP contribution in [0.2, 0.25) is 0 Å². The lowest BCUT2D eigenvalue weighted by Crippen LogP contribution is -2.45. The van der Waals surface area contributed by atoms with Crippen LogP contribution >= 0.6 is 0 Å². The number of nitrogens with zero attached hydrogens (tertiary/aromatic N) is 4. The first-order valence-electron chi connectivity index (χ1n) is 10.7. The number of benzene rings is 1. The molecule has 0 radical (unpaired) electrons. The summed E-state index contributed by atoms with van der Waals surface area (Å²) >= 11 is 0. The zero-order valence-electron chi connectivity index (χ0n) is 16.8. The number of pyridine rings is 1. The molecular weight excluding hydrogens is 378 g/mol. The molecule has 3 aromatic rings. The highest BCUT2D eigenvalue weighted by Gasteiger charge is 2.39. The molecule has 1 aliphatic carbocycles. The molecule has 1 saturated carbocycles. The third-order valence-corrected chi connectivity index (χ3v) is 6.38. The summed E-state index contributed by atoms with van der Waals surface area (Å²) in [5.41, 5.74) is 2.96. The third-order valence-electron chi connectivity index (χ3n) is 6.38. The Kier molecular flexibility index (Phi) is 4.94. The molecular formula is C23H25N5O2. The summed E-state index contributed by atoms with van der Waals surface area (Å²) in [7, 11) is 0. The average molecular weight is 403 g/mol. The summed E-state index contributed by atoms with van der Waals surface area (Å²) in [5, 5.41) is 11.3. The molecule has 2 aliphatic rings. The zero-order chi connectivity index (χ0) is 20.5. The second kappa shape index (κ2) is 7.89. The number of aromatic nitrogens is 3. The largest absolute Gasteiger partial charge is 0.349 e. The van der Waals surface area contributed by atoms with E-state index in [4.69, 9.17) is 0 Å². The summed E-state index contributed by atoms with van der Waals surface area (Å²) in [6, 6.07) is 13.8. The van der Waals surface area contributed by atoms with Crippen LogP contribution in [0.5, 0.6) is 0 Å². The van der Waals surface area contributed by atoms with Crippen LogP contribution in [0.1, 0.15) is 37.1 Å². The van der Waals surface area contributed by atoms with E-state index in [2.05, 4.69) is 21.6 Å². The van der Waals surface area contributed by atoms with Crippen LogP contribution in [0.3, 0.4) is 0 Å². The molecule has 5 rings (SSSR count). The Labute approximate surface area is 175 Å². The molecule has 7 nitrogen and oxygen atoms in total. The fraction of sp³-hybridized carbons (Fsp3) is 0.391. The van der Waals surface area contributed by atoms with Gasteiger partial charge in [-0.25, -0.2) is 0 Å². The quantitative estimate of drug-likeness (QED) is 0.726. The monoisotopic (exact) mass is 403 g/mol. The molecule has 1 aliphatic heterocycles. The number of hydrogen-bond acceptors (Lipinski definition) is 4. The number of carbonyl (C=O) groups excluding carboxylic acids is 2. The van der Waals surface area contributed by atoms with E-state index in [1.54, 1.807) is 0 Å². The van der Waals surface area contributed by atoms with Gasteiger partial charge in [-0.1, -0.05) is 37.1 Å². The van der Waals surface area contributed by atoms with E-state index in [-0.39, 0.29) is 23.7 Å². The van der Waals surface area contributed by atoms with Gasteiger partial charge in [0.15, 0.2) is 11.5 Å². The lowest BCUT2D eigenvalue weighted by atomic mass is 9.77. The van der Waals surface area contributed by atoms with Crippen molar-refractivity contribution in [1.82, 2.24) is 19.9 Å². The Morgan fingerprint density at radius 2 is 1.80 bits per heavy atom. The number of para-hydroxylation sites is 1. The van der Waals surface area contributed by atoms with Gasteiger partial charge in [0.1, 0.15) is 0 Å². The summed E-state index contributed by atoms with van der Waals surface area (Å²) in [5.74, 6) is 0.158. The predicted octanol–water partition coefficient (Wildman–Crippen LogP) is 2.74. The maximum atomic E-state index is 13.4. The first kappa shape index (κ1) is 18.8. The lowest BCUT2D eigenvalue weighted by molar-refractivity contribution is -0.135. The Morgan fingerprint density at radius 1 is 1.00 bits per heavy atom. The number of nitrogens with one attached hydrogen (secondary N) is 1. The van der Waals surface area contributed by atoms with E-state index in [1.807, 2.05) is 51.9 Å². The smallest absolute Gasteiger partial charge is 0.230 e. The molecule has 30 heavy (non-hydrogen) atoms. The molecule has 154 valence electrons. The molecule has 0 spiro atoms.